The Morgan fingerprint density at radius 1 is 1.15 bits per heavy atom. The molecule has 2 aromatic rings. The molecule has 1 unspecified atom stereocenters. The summed E-state index contributed by atoms with van der Waals surface area (Å²) in [6, 6.07) is 12.6. The lowest BCUT2D eigenvalue weighted by Crippen LogP contribution is -2.43. The Balaban J connectivity index is 1.99. The van der Waals surface area contributed by atoms with Crippen molar-refractivity contribution in [3.8, 4) is 0 Å². The van der Waals surface area contributed by atoms with Crippen molar-refractivity contribution in [2.24, 2.45) is 5.73 Å². The molecule has 0 bridgehead atoms. The van der Waals surface area contributed by atoms with Gasteiger partial charge < -0.3 is 20.0 Å². The Hall–Kier alpha value is -1.94. The fourth-order valence-electron chi connectivity index (χ4n) is 2.88. The third-order valence-corrected chi connectivity index (χ3v) is 3.97. The Kier molecular flexibility index (Phi) is 3.40. The molecular formula is C16H21N3O. The number of likely N-dealkylation sites (N-methyl/N-ethyl adjacent to an activating group) is 1. The zero-order chi connectivity index (χ0) is 14.1. The number of aryl methyl sites for hydroxylation is 1. The van der Waals surface area contributed by atoms with Crippen molar-refractivity contribution in [1.29, 1.82) is 0 Å². The molecule has 0 saturated carbocycles. The maximum Gasteiger partial charge on any atom is 0.127 e. The second kappa shape index (κ2) is 5.21. The van der Waals surface area contributed by atoms with E-state index in [-0.39, 0.29) is 6.04 Å². The van der Waals surface area contributed by atoms with Gasteiger partial charge in [0.25, 0.3) is 0 Å². The van der Waals surface area contributed by atoms with E-state index in [0.29, 0.717) is 6.54 Å². The predicted octanol–water partition coefficient (Wildman–Crippen LogP) is 2.54. The SMILES string of the molecule is Cc1ccc(C(CN)N2CCN(C)c3ccccc32)o1. The number of para-hydroxylation sites is 2. The van der Waals surface area contributed by atoms with E-state index in [9.17, 15) is 0 Å². The quantitative estimate of drug-likeness (QED) is 0.932. The molecule has 1 aromatic heterocycles. The molecule has 0 fully saturated rings. The summed E-state index contributed by atoms with van der Waals surface area (Å²) < 4.78 is 5.80. The highest BCUT2D eigenvalue weighted by atomic mass is 16.3. The first-order valence-corrected chi connectivity index (χ1v) is 7.04. The Morgan fingerprint density at radius 2 is 1.90 bits per heavy atom. The Labute approximate surface area is 119 Å². The van der Waals surface area contributed by atoms with Gasteiger partial charge in [0.05, 0.1) is 17.4 Å². The molecule has 2 N–H and O–H groups in total. The highest BCUT2D eigenvalue weighted by Gasteiger charge is 2.28. The molecule has 0 radical (unpaired) electrons. The van der Waals surface area contributed by atoms with Crippen molar-refractivity contribution in [1.82, 2.24) is 0 Å². The number of rotatable bonds is 3. The molecule has 0 aliphatic carbocycles. The number of hydrogen-bond donors (Lipinski definition) is 1. The van der Waals surface area contributed by atoms with Gasteiger partial charge in [-0.1, -0.05) is 12.1 Å². The summed E-state index contributed by atoms with van der Waals surface area (Å²) in [7, 11) is 2.13. The number of furan rings is 1. The predicted molar refractivity (Wildman–Crippen MR) is 82.3 cm³/mol. The number of hydrogen-bond acceptors (Lipinski definition) is 4. The van der Waals surface area contributed by atoms with Crippen molar-refractivity contribution >= 4 is 11.4 Å². The molecule has 4 heteroatoms. The minimum absolute atomic E-state index is 0.0959. The van der Waals surface area contributed by atoms with Crippen LogP contribution in [0.3, 0.4) is 0 Å². The number of nitrogens with two attached hydrogens (primary N) is 1. The molecule has 20 heavy (non-hydrogen) atoms. The first kappa shape index (κ1) is 13.1. The van der Waals surface area contributed by atoms with Gasteiger partial charge in [-0.3, -0.25) is 0 Å². The monoisotopic (exact) mass is 271 g/mol. The van der Waals surface area contributed by atoms with E-state index >= 15 is 0 Å². The van der Waals surface area contributed by atoms with E-state index in [1.165, 1.54) is 11.4 Å². The maximum absolute atomic E-state index is 6.02. The first-order chi connectivity index (χ1) is 9.70. The summed E-state index contributed by atoms with van der Waals surface area (Å²) in [5.74, 6) is 1.88. The number of benzene rings is 1. The lowest BCUT2D eigenvalue weighted by molar-refractivity contribution is 0.432. The molecule has 4 nitrogen and oxygen atoms in total. The van der Waals surface area contributed by atoms with Gasteiger partial charge >= 0.3 is 0 Å². The zero-order valence-corrected chi connectivity index (χ0v) is 12.0. The largest absolute Gasteiger partial charge is 0.464 e. The van der Waals surface area contributed by atoms with Crippen LogP contribution in [0.15, 0.2) is 40.8 Å². The van der Waals surface area contributed by atoms with E-state index < -0.39 is 0 Å². The third-order valence-electron chi connectivity index (χ3n) is 3.97. The van der Waals surface area contributed by atoms with Gasteiger partial charge in [-0.25, -0.2) is 0 Å². The van der Waals surface area contributed by atoms with Gasteiger partial charge in [0, 0.05) is 26.7 Å². The van der Waals surface area contributed by atoms with Crippen molar-refractivity contribution < 1.29 is 4.42 Å². The zero-order valence-electron chi connectivity index (χ0n) is 12.0. The Bertz CT molecular complexity index is 593. The van der Waals surface area contributed by atoms with Crippen LogP contribution in [-0.4, -0.2) is 26.7 Å². The second-order valence-corrected chi connectivity index (χ2v) is 5.30. The van der Waals surface area contributed by atoms with Crippen LogP contribution in [0.4, 0.5) is 11.4 Å². The van der Waals surface area contributed by atoms with Crippen LogP contribution in [-0.2, 0) is 0 Å². The molecule has 0 saturated heterocycles. The van der Waals surface area contributed by atoms with Crippen LogP contribution in [0.1, 0.15) is 17.6 Å². The topological polar surface area (TPSA) is 45.6 Å². The van der Waals surface area contributed by atoms with E-state index in [1.807, 2.05) is 19.1 Å². The van der Waals surface area contributed by atoms with E-state index in [0.717, 1.165) is 24.6 Å². The molecule has 3 rings (SSSR count). The van der Waals surface area contributed by atoms with Crippen molar-refractivity contribution in [2.45, 2.75) is 13.0 Å². The minimum atomic E-state index is 0.0959. The van der Waals surface area contributed by atoms with Crippen LogP contribution < -0.4 is 15.5 Å². The lowest BCUT2D eigenvalue weighted by Gasteiger charge is -2.40. The summed E-state index contributed by atoms with van der Waals surface area (Å²) in [5, 5.41) is 0. The van der Waals surface area contributed by atoms with Gasteiger partial charge in [-0.05, 0) is 31.2 Å². The van der Waals surface area contributed by atoms with E-state index in [1.54, 1.807) is 0 Å². The Morgan fingerprint density at radius 3 is 2.55 bits per heavy atom. The van der Waals surface area contributed by atoms with Gasteiger partial charge in [-0.15, -0.1) is 0 Å². The van der Waals surface area contributed by atoms with Crippen LogP contribution in [0.25, 0.3) is 0 Å². The molecule has 2 heterocycles. The third kappa shape index (κ3) is 2.16. The van der Waals surface area contributed by atoms with Crippen molar-refractivity contribution in [3.63, 3.8) is 0 Å². The maximum atomic E-state index is 6.02. The fraction of sp³-hybridized carbons (Fsp3) is 0.375. The van der Waals surface area contributed by atoms with Gasteiger partial charge in [0.1, 0.15) is 11.5 Å². The molecular weight excluding hydrogens is 250 g/mol. The summed E-state index contributed by atoms with van der Waals surface area (Å²) >= 11 is 0. The second-order valence-electron chi connectivity index (χ2n) is 5.30. The molecule has 0 spiro atoms. The fourth-order valence-corrected chi connectivity index (χ4v) is 2.88. The average Bonchev–Trinajstić information content (AvgIpc) is 2.89. The van der Waals surface area contributed by atoms with Crippen molar-refractivity contribution in [3.05, 3.63) is 47.9 Å². The molecule has 1 aliphatic heterocycles. The van der Waals surface area contributed by atoms with Gasteiger partial charge in [-0.2, -0.15) is 0 Å². The normalized spacial score (nSPS) is 16.1. The average molecular weight is 271 g/mol. The summed E-state index contributed by atoms with van der Waals surface area (Å²) in [4.78, 5) is 4.64. The summed E-state index contributed by atoms with van der Waals surface area (Å²) in [5.41, 5.74) is 8.50. The first-order valence-electron chi connectivity index (χ1n) is 7.04. The molecule has 1 atom stereocenters. The van der Waals surface area contributed by atoms with Crippen LogP contribution >= 0.6 is 0 Å². The van der Waals surface area contributed by atoms with Gasteiger partial charge in [0.15, 0.2) is 0 Å². The standard InChI is InChI=1S/C16H21N3O/c1-12-7-8-16(20-12)15(11-17)19-10-9-18(2)13-5-3-4-6-14(13)19/h3-8,15H,9-11,17H2,1-2H3. The smallest absolute Gasteiger partial charge is 0.127 e. The van der Waals surface area contributed by atoms with Crippen LogP contribution in [0.5, 0.6) is 0 Å². The van der Waals surface area contributed by atoms with E-state index in [2.05, 4.69) is 41.1 Å². The van der Waals surface area contributed by atoms with Crippen LogP contribution in [0, 0.1) is 6.92 Å². The highest BCUT2D eigenvalue weighted by molar-refractivity contribution is 5.73. The molecule has 106 valence electrons. The van der Waals surface area contributed by atoms with Crippen LogP contribution in [0.2, 0.25) is 0 Å². The van der Waals surface area contributed by atoms with Gasteiger partial charge in [0.2, 0.25) is 0 Å². The minimum Gasteiger partial charge on any atom is -0.464 e. The highest BCUT2D eigenvalue weighted by Crippen LogP contribution is 2.37. The number of fused-ring (bicyclic) bond motifs is 1. The molecule has 1 aliphatic rings. The lowest BCUT2D eigenvalue weighted by atomic mass is 10.1. The number of nitrogens with zero attached hydrogens (tertiary/aromatic N) is 2. The summed E-state index contributed by atoms with van der Waals surface area (Å²) in [6.07, 6.45) is 0. The number of anilines is 2. The molecule has 0 amide bonds. The van der Waals surface area contributed by atoms with Crippen molar-refractivity contribution in [2.75, 3.05) is 36.5 Å². The van der Waals surface area contributed by atoms with E-state index in [4.69, 9.17) is 10.2 Å². The molecule has 1 aromatic carbocycles. The summed E-state index contributed by atoms with van der Waals surface area (Å²) in [6.45, 7) is 4.46.